The second kappa shape index (κ2) is 8.75. The molecular weight excluding hydrogens is 294 g/mol. The van der Waals surface area contributed by atoms with E-state index >= 15 is 0 Å². The molecule has 0 unspecified atom stereocenters. The topological polar surface area (TPSA) is 72.5 Å². The van der Waals surface area contributed by atoms with Crippen LogP contribution in [0.2, 0.25) is 0 Å². The average Bonchev–Trinajstić information content (AvgIpc) is 2.57. The maximum atomic E-state index is 12.4. The summed E-state index contributed by atoms with van der Waals surface area (Å²) in [6.45, 7) is 3.67. The van der Waals surface area contributed by atoms with Crippen molar-refractivity contribution in [3.8, 4) is 5.75 Å². The van der Waals surface area contributed by atoms with Crippen molar-refractivity contribution in [2.24, 2.45) is 0 Å². The standard InChI is InChI=1S/C17H21N3O3/c1-3-23-16-7-5-4-6-15(16)20-17(21)13-10-14(12-18-11-13)19-8-9-22-2/h4-7,10-12,19H,3,8-9H2,1-2H3,(H,20,21). The first-order chi connectivity index (χ1) is 11.2. The average molecular weight is 315 g/mol. The van der Waals surface area contributed by atoms with Crippen molar-refractivity contribution in [1.29, 1.82) is 0 Å². The van der Waals surface area contributed by atoms with Crippen LogP contribution < -0.4 is 15.4 Å². The Morgan fingerprint density at radius 2 is 2.09 bits per heavy atom. The molecule has 0 saturated carbocycles. The summed E-state index contributed by atoms with van der Waals surface area (Å²) in [7, 11) is 1.64. The van der Waals surface area contributed by atoms with Gasteiger partial charge in [-0.2, -0.15) is 0 Å². The summed E-state index contributed by atoms with van der Waals surface area (Å²) < 4.78 is 10.5. The summed E-state index contributed by atoms with van der Waals surface area (Å²) in [5, 5.41) is 5.99. The second-order valence-electron chi connectivity index (χ2n) is 4.77. The predicted octanol–water partition coefficient (Wildman–Crippen LogP) is 2.79. The van der Waals surface area contributed by atoms with Crippen LogP contribution in [0.5, 0.6) is 5.75 Å². The summed E-state index contributed by atoms with van der Waals surface area (Å²) >= 11 is 0. The van der Waals surface area contributed by atoms with Crippen LogP contribution in [0.1, 0.15) is 17.3 Å². The number of para-hydroxylation sites is 2. The highest BCUT2D eigenvalue weighted by molar-refractivity contribution is 6.05. The molecule has 0 bridgehead atoms. The number of aromatic nitrogens is 1. The second-order valence-corrected chi connectivity index (χ2v) is 4.77. The minimum Gasteiger partial charge on any atom is -0.492 e. The van der Waals surface area contributed by atoms with Gasteiger partial charge in [-0.25, -0.2) is 0 Å². The minimum absolute atomic E-state index is 0.236. The van der Waals surface area contributed by atoms with Gasteiger partial charge in [0, 0.05) is 26.0 Å². The number of carbonyl (C=O) groups is 1. The minimum atomic E-state index is -0.236. The fourth-order valence-electron chi connectivity index (χ4n) is 2.00. The van der Waals surface area contributed by atoms with Gasteiger partial charge in [-0.15, -0.1) is 0 Å². The van der Waals surface area contributed by atoms with Gasteiger partial charge < -0.3 is 20.1 Å². The number of nitrogens with one attached hydrogen (secondary N) is 2. The molecule has 6 nitrogen and oxygen atoms in total. The molecule has 0 spiro atoms. The van der Waals surface area contributed by atoms with E-state index in [9.17, 15) is 4.79 Å². The lowest BCUT2D eigenvalue weighted by molar-refractivity contribution is 0.102. The van der Waals surface area contributed by atoms with E-state index in [1.54, 1.807) is 25.4 Å². The van der Waals surface area contributed by atoms with Crippen molar-refractivity contribution < 1.29 is 14.3 Å². The third-order valence-corrected chi connectivity index (χ3v) is 3.07. The molecule has 6 heteroatoms. The molecule has 0 aliphatic rings. The number of benzene rings is 1. The van der Waals surface area contributed by atoms with Gasteiger partial charge in [0.25, 0.3) is 5.91 Å². The summed E-state index contributed by atoms with van der Waals surface area (Å²) in [4.78, 5) is 16.5. The lowest BCUT2D eigenvalue weighted by atomic mass is 10.2. The number of rotatable bonds is 8. The van der Waals surface area contributed by atoms with E-state index in [0.717, 1.165) is 5.69 Å². The maximum Gasteiger partial charge on any atom is 0.257 e. The zero-order chi connectivity index (χ0) is 16.5. The maximum absolute atomic E-state index is 12.4. The van der Waals surface area contributed by atoms with Crippen LogP contribution in [0.15, 0.2) is 42.7 Å². The molecule has 0 aliphatic heterocycles. The zero-order valence-corrected chi connectivity index (χ0v) is 13.3. The Balaban J connectivity index is 2.07. The molecule has 1 heterocycles. The van der Waals surface area contributed by atoms with Crippen molar-refractivity contribution in [3.05, 3.63) is 48.3 Å². The third-order valence-electron chi connectivity index (χ3n) is 3.07. The van der Waals surface area contributed by atoms with Crippen LogP contribution in [0.3, 0.4) is 0 Å². The molecule has 23 heavy (non-hydrogen) atoms. The Bertz CT molecular complexity index is 646. The highest BCUT2D eigenvalue weighted by Gasteiger charge is 2.10. The molecule has 2 rings (SSSR count). The van der Waals surface area contributed by atoms with Crippen LogP contribution in [0.25, 0.3) is 0 Å². The Hall–Kier alpha value is -2.60. The lowest BCUT2D eigenvalue weighted by Crippen LogP contribution is -2.14. The molecule has 1 aromatic heterocycles. The molecule has 2 N–H and O–H groups in total. The van der Waals surface area contributed by atoms with Crippen molar-refractivity contribution in [2.45, 2.75) is 6.92 Å². The van der Waals surface area contributed by atoms with Crippen LogP contribution in [-0.2, 0) is 4.74 Å². The Kier molecular flexibility index (Phi) is 6.38. The molecule has 0 fully saturated rings. The monoisotopic (exact) mass is 315 g/mol. The first-order valence-electron chi connectivity index (χ1n) is 7.45. The quantitative estimate of drug-likeness (QED) is 0.733. The van der Waals surface area contributed by atoms with Gasteiger partial charge in [0.05, 0.1) is 30.2 Å². The normalized spacial score (nSPS) is 10.2. The van der Waals surface area contributed by atoms with Gasteiger partial charge >= 0.3 is 0 Å². The van der Waals surface area contributed by atoms with E-state index in [1.807, 2.05) is 25.1 Å². The zero-order valence-electron chi connectivity index (χ0n) is 13.3. The number of hydrogen-bond donors (Lipinski definition) is 2. The SMILES string of the molecule is CCOc1ccccc1NC(=O)c1cncc(NCCOC)c1. The van der Waals surface area contributed by atoms with Gasteiger partial charge in [0.2, 0.25) is 0 Å². The molecule has 1 amide bonds. The summed E-state index contributed by atoms with van der Waals surface area (Å²) in [6, 6.07) is 9.08. The lowest BCUT2D eigenvalue weighted by Gasteiger charge is -2.12. The van der Waals surface area contributed by atoms with E-state index < -0.39 is 0 Å². The van der Waals surface area contributed by atoms with Crippen molar-refractivity contribution in [1.82, 2.24) is 4.98 Å². The fraction of sp³-hybridized carbons (Fsp3) is 0.294. The van der Waals surface area contributed by atoms with E-state index in [1.165, 1.54) is 6.20 Å². The molecular formula is C17H21N3O3. The van der Waals surface area contributed by atoms with E-state index in [-0.39, 0.29) is 5.91 Å². The number of nitrogens with zero attached hydrogens (tertiary/aromatic N) is 1. The molecule has 0 atom stereocenters. The van der Waals surface area contributed by atoms with Gasteiger partial charge in [-0.05, 0) is 25.1 Å². The summed E-state index contributed by atoms with van der Waals surface area (Å²) in [6.07, 6.45) is 3.20. The first kappa shape index (κ1) is 16.8. The highest BCUT2D eigenvalue weighted by Crippen LogP contribution is 2.24. The first-order valence-corrected chi connectivity index (χ1v) is 7.45. The number of hydrogen-bond acceptors (Lipinski definition) is 5. The molecule has 122 valence electrons. The van der Waals surface area contributed by atoms with Crippen LogP contribution in [0.4, 0.5) is 11.4 Å². The van der Waals surface area contributed by atoms with Gasteiger partial charge in [-0.1, -0.05) is 12.1 Å². The Morgan fingerprint density at radius 1 is 1.26 bits per heavy atom. The number of carbonyl (C=O) groups excluding carboxylic acids is 1. The number of methoxy groups -OCH3 is 1. The van der Waals surface area contributed by atoms with Crippen LogP contribution in [0, 0.1) is 0 Å². The third kappa shape index (κ3) is 4.96. The van der Waals surface area contributed by atoms with E-state index in [0.29, 0.717) is 36.8 Å². The van der Waals surface area contributed by atoms with Gasteiger partial charge in [-0.3, -0.25) is 9.78 Å². The van der Waals surface area contributed by atoms with Crippen molar-refractivity contribution in [3.63, 3.8) is 0 Å². The number of ether oxygens (including phenoxy) is 2. The molecule has 2 aromatic rings. The van der Waals surface area contributed by atoms with Gasteiger partial charge in [0.1, 0.15) is 5.75 Å². The number of anilines is 2. The van der Waals surface area contributed by atoms with Gasteiger partial charge in [0.15, 0.2) is 0 Å². The molecule has 0 radical (unpaired) electrons. The predicted molar refractivity (Wildman–Crippen MR) is 90.2 cm³/mol. The smallest absolute Gasteiger partial charge is 0.257 e. The van der Waals surface area contributed by atoms with E-state index in [2.05, 4.69) is 15.6 Å². The van der Waals surface area contributed by atoms with Crippen molar-refractivity contribution >= 4 is 17.3 Å². The van der Waals surface area contributed by atoms with Crippen LogP contribution >= 0.6 is 0 Å². The van der Waals surface area contributed by atoms with E-state index in [4.69, 9.17) is 9.47 Å². The Morgan fingerprint density at radius 3 is 2.87 bits per heavy atom. The molecule has 0 aliphatic carbocycles. The molecule has 0 saturated heterocycles. The molecule has 1 aromatic carbocycles. The number of amides is 1. The largest absolute Gasteiger partial charge is 0.492 e. The summed E-state index contributed by atoms with van der Waals surface area (Å²) in [5.74, 6) is 0.408. The summed E-state index contributed by atoms with van der Waals surface area (Å²) in [5.41, 5.74) is 1.88. The number of pyridine rings is 1. The Labute approximate surface area is 135 Å². The fourth-order valence-corrected chi connectivity index (χ4v) is 2.00. The highest BCUT2D eigenvalue weighted by atomic mass is 16.5. The van der Waals surface area contributed by atoms with Crippen LogP contribution in [-0.4, -0.2) is 37.8 Å². The van der Waals surface area contributed by atoms with Crippen molar-refractivity contribution in [2.75, 3.05) is 37.5 Å².